The fraction of sp³-hybridized carbons (Fsp3) is 0.364. The number of hydrogen-bond donors (Lipinski definition) is 2. The van der Waals surface area contributed by atoms with Crippen molar-refractivity contribution in [1.29, 1.82) is 0 Å². The lowest BCUT2D eigenvalue weighted by molar-refractivity contribution is 0.0696. The van der Waals surface area contributed by atoms with Crippen molar-refractivity contribution in [2.75, 3.05) is 12.8 Å². The molecule has 2 N–H and O–H groups in total. The van der Waals surface area contributed by atoms with Crippen molar-refractivity contribution >= 4 is 26.8 Å². The molecule has 0 aliphatic heterocycles. The van der Waals surface area contributed by atoms with E-state index < -0.39 is 26.8 Å². The summed E-state index contributed by atoms with van der Waals surface area (Å²) >= 11 is 0. The molecule has 0 aliphatic rings. The molecule has 0 aliphatic carbocycles. The molecule has 8 heteroatoms. The van der Waals surface area contributed by atoms with E-state index in [1.54, 1.807) is 6.92 Å². The van der Waals surface area contributed by atoms with E-state index in [-0.39, 0.29) is 22.3 Å². The first-order chi connectivity index (χ1) is 8.74. The molecule has 0 unspecified atom stereocenters. The van der Waals surface area contributed by atoms with Gasteiger partial charge in [0.25, 0.3) is 0 Å². The Hall–Kier alpha value is -1.25. The van der Waals surface area contributed by atoms with Crippen LogP contribution in [0.25, 0.3) is 0 Å². The number of carboxylic acids is 1. The van der Waals surface area contributed by atoms with E-state index in [9.17, 15) is 17.4 Å². The lowest BCUT2D eigenvalue weighted by Crippen LogP contribution is -2.32. The largest absolute Gasteiger partial charge is 0.478 e. The minimum atomic E-state index is -3.71. The number of nitrogens with one attached hydrogen (secondary N) is 1. The van der Waals surface area contributed by atoms with Crippen LogP contribution in [0.5, 0.6) is 0 Å². The van der Waals surface area contributed by atoms with Crippen LogP contribution in [0.3, 0.4) is 0 Å². The Morgan fingerprint density at radius 2 is 1.89 bits per heavy atom. The molecule has 0 radical (unpaired) electrons. The van der Waals surface area contributed by atoms with Gasteiger partial charge in [-0.2, -0.15) is 0 Å². The Kier molecular flexibility index (Phi) is 5.21. The molecular weight excluding hydrogens is 290 g/mol. The molecule has 0 saturated heterocycles. The third-order valence-electron chi connectivity index (χ3n) is 2.54. The third kappa shape index (κ3) is 4.41. The zero-order valence-electron chi connectivity index (χ0n) is 10.5. The molecule has 19 heavy (non-hydrogen) atoms. The number of rotatable bonds is 6. The van der Waals surface area contributed by atoms with Crippen molar-refractivity contribution in [2.45, 2.75) is 17.1 Å². The molecular formula is C11H15NO5S2. The molecule has 0 amide bonds. The van der Waals surface area contributed by atoms with Crippen LogP contribution >= 0.6 is 0 Å². The molecule has 0 spiro atoms. The SMILES string of the molecule is C[C@@H](CNS(=O)(=O)c1ccc(C(=O)O)cc1)[S@@](C)=O. The maximum absolute atomic E-state index is 11.9. The summed E-state index contributed by atoms with van der Waals surface area (Å²) in [4.78, 5) is 10.6. The van der Waals surface area contributed by atoms with Crippen LogP contribution in [-0.4, -0.2) is 41.8 Å². The second-order valence-electron chi connectivity index (χ2n) is 3.99. The van der Waals surface area contributed by atoms with Crippen LogP contribution in [0.2, 0.25) is 0 Å². The highest BCUT2D eigenvalue weighted by atomic mass is 32.2. The van der Waals surface area contributed by atoms with Gasteiger partial charge >= 0.3 is 5.97 Å². The Bertz CT molecular complexity index is 580. The molecule has 1 aromatic carbocycles. The topological polar surface area (TPSA) is 101 Å². The summed E-state index contributed by atoms with van der Waals surface area (Å²) < 4.78 is 37.2. The van der Waals surface area contributed by atoms with E-state index in [2.05, 4.69) is 4.72 Å². The molecule has 1 rings (SSSR count). The summed E-state index contributed by atoms with van der Waals surface area (Å²) in [7, 11) is -4.82. The van der Waals surface area contributed by atoms with Crippen LogP contribution in [0.1, 0.15) is 17.3 Å². The average molecular weight is 305 g/mol. The van der Waals surface area contributed by atoms with Crippen molar-refractivity contribution < 1.29 is 22.5 Å². The van der Waals surface area contributed by atoms with Gasteiger partial charge in [0.2, 0.25) is 10.0 Å². The van der Waals surface area contributed by atoms with Gasteiger partial charge in [-0.3, -0.25) is 4.21 Å². The van der Waals surface area contributed by atoms with E-state index in [1.807, 2.05) is 0 Å². The van der Waals surface area contributed by atoms with E-state index in [0.717, 1.165) is 0 Å². The smallest absolute Gasteiger partial charge is 0.335 e. The van der Waals surface area contributed by atoms with Crippen LogP contribution in [-0.2, 0) is 20.8 Å². The highest BCUT2D eigenvalue weighted by Crippen LogP contribution is 2.10. The molecule has 2 atom stereocenters. The number of hydrogen-bond acceptors (Lipinski definition) is 4. The third-order valence-corrected chi connectivity index (χ3v) is 5.28. The number of sulfonamides is 1. The van der Waals surface area contributed by atoms with Crippen LogP contribution in [0, 0.1) is 0 Å². The van der Waals surface area contributed by atoms with Crippen LogP contribution in [0.15, 0.2) is 29.2 Å². The van der Waals surface area contributed by atoms with Crippen molar-refractivity contribution in [3.8, 4) is 0 Å². The quantitative estimate of drug-likeness (QED) is 0.794. The monoisotopic (exact) mass is 305 g/mol. The molecule has 0 aromatic heterocycles. The van der Waals surface area contributed by atoms with Crippen molar-refractivity contribution in [3.63, 3.8) is 0 Å². The second kappa shape index (κ2) is 6.27. The fourth-order valence-electron chi connectivity index (χ4n) is 1.20. The zero-order chi connectivity index (χ0) is 14.6. The first-order valence-corrected chi connectivity index (χ1v) is 8.49. The minimum Gasteiger partial charge on any atom is -0.478 e. The lowest BCUT2D eigenvalue weighted by atomic mass is 10.2. The van der Waals surface area contributed by atoms with Crippen molar-refractivity contribution in [2.24, 2.45) is 0 Å². The van der Waals surface area contributed by atoms with Gasteiger partial charge in [0, 0.05) is 28.9 Å². The Balaban J connectivity index is 2.83. The van der Waals surface area contributed by atoms with Gasteiger partial charge in [0.15, 0.2) is 0 Å². The Morgan fingerprint density at radius 3 is 2.32 bits per heavy atom. The first kappa shape index (κ1) is 15.8. The average Bonchev–Trinajstić information content (AvgIpc) is 2.36. The number of benzene rings is 1. The molecule has 0 heterocycles. The first-order valence-electron chi connectivity index (χ1n) is 5.39. The Morgan fingerprint density at radius 1 is 1.37 bits per heavy atom. The second-order valence-corrected chi connectivity index (χ2v) is 7.56. The fourth-order valence-corrected chi connectivity index (χ4v) is 2.76. The van der Waals surface area contributed by atoms with Gasteiger partial charge in [-0.05, 0) is 31.2 Å². The predicted octanol–water partition coefficient (Wildman–Crippen LogP) is 0.430. The van der Waals surface area contributed by atoms with E-state index in [0.29, 0.717) is 0 Å². The van der Waals surface area contributed by atoms with E-state index >= 15 is 0 Å². The van der Waals surface area contributed by atoms with Gasteiger partial charge in [0.05, 0.1) is 10.5 Å². The van der Waals surface area contributed by atoms with Gasteiger partial charge in [0.1, 0.15) is 0 Å². The number of carbonyl (C=O) groups is 1. The standard InChI is InChI=1S/C11H15NO5S2/c1-8(18(2)15)7-12-19(16,17)10-5-3-9(4-6-10)11(13)14/h3-6,8,12H,7H2,1-2H3,(H,13,14)/t8-,18+/m0/s1. The van der Waals surface area contributed by atoms with Crippen LogP contribution in [0.4, 0.5) is 0 Å². The van der Waals surface area contributed by atoms with Crippen molar-refractivity contribution in [3.05, 3.63) is 29.8 Å². The summed E-state index contributed by atoms with van der Waals surface area (Å²) in [6.45, 7) is 1.73. The predicted molar refractivity (Wildman–Crippen MR) is 72.1 cm³/mol. The summed E-state index contributed by atoms with van der Waals surface area (Å²) in [6.07, 6.45) is 1.50. The summed E-state index contributed by atoms with van der Waals surface area (Å²) in [5.74, 6) is -1.12. The summed E-state index contributed by atoms with van der Waals surface area (Å²) in [5, 5.41) is 8.42. The molecule has 1 aromatic rings. The summed E-state index contributed by atoms with van der Waals surface area (Å²) in [5.41, 5.74) is 0.0157. The number of carboxylic acid groups (broad SMARTS) is 1. The maximum Gasteiger partial charge on any atom is 0.335 e. The maximum atomic E-state index is 11.9. The number of aromatic carboxylic acids is 1. The van der Waals surface area contributed by atoms with Gasteiger partial charge in [-0.1, -0.05) is 0 Å². The highest BCUT2D eigenvalue weighted by molar-refractivity contribution is 7.89. The lowest BCUT2D eigenvalue weighted by Gasteiger charge is -2.10. The molecule has 106 valence electrons. The van der Waals surface area contributed by atoms with Crippen molar-refractivity contribution in [1.82, 2.24) is 4.72 Å². The van der Waals surface area contributed by atoms with Gasteiger partial charge in [-0.25, -0.2) is 17.9 Å². The molecule has 6 nitrogen and oxygen atoms in total. The molecule has 0 fully saturated rings. The van der Waals surface area contributed by atoms with E-state index in [1.165, 1.54) is 30.5 Å². The van der Waals surface area contributed by atoms with E-state index in [4.69, 9.17) is 5.11 Å². The van der Waals surface area contributed by atoms with Gasteiger partial charge in [-0.15, -0.1) is 0 Å². The van der Waals surface area contributed by atoms with Crippen LogP contribution < -0.4 is 4.72 Å². The highest BCUT2D eigenvalue weighted by Gasteiger charge is 2.16. The molecule has 0 saturated carbocycles. The normalized spacial score (nSPS) is 14.8. The Labute approximate surface area is 114 Å². The van der Waals surface area contributed by atoms with Gasteiger partial charge < -0.3 is 5.11 Å². The zero-order valence-corrected chi connectivity index (χ0v) is 12.1. The molecule has 0 bridgehead atoms. The summed E-state index contributed by atoms with van der Waals surface area (Å²) in [6, 6.07) is 4.88. The minimum absolute atomic E-state index is 0.0157.